The molecule has 1 fully saturated rings. The van der Waals surface area contributed by atoms with Gasteiger partial charge in [-0.2, -0.15) is 0 Å². The Labute approximate surface area is 104 Å². The topological polar surface area (TPSA) is 18.5 Å². The van der Waals surface area contributed by atoms with Crippen molar-refractivity contribution in [2.75, 3.05) is 13.7 Å². The van der Waals surface area contributed by atoms with Gasteiger partial charge >= 0.3 is 0 Å². The van der Waals surface area contributed by atoms with Crippen LogP contribution in [0.3, 0.4) is 0 Å². The lowest BCUT2D eigenvalue weighted by Crippen LogP contribution is -2.13. The van der Waals surface area contributed by atoms with Crippen molar-refractivity contribution in [1.82, 2.24) is 0 Å². The highest BCUT2D eigenvalue weighted by Gasteiger charge is 2.13. The van der Waals surface area contributed by atoms with Gasteiger partial charge in [0, 0.05) is 6.61 Å². The standard InChI is InChI=1S/C15H22O2/c1-16-15-9-7-14(8-10-15)12-17-11-13-5-3-2-4-6-13/h7-10,13H,2-6,11-12H2,1H3. The highest BCUT2D eigenvalue weighted by atomic mass is 16.5. The Balaban J connectivity index is 1.69. The van der Waals surface area contributed by atoms with Gasteiger partial charge in [0.1, 0.15) is 5.75 Å². The quantitative estimate of drug-likeness (QED) is 0.771. The zero-order chi connectivity index (χ0) is 11.9. The zero-order valence-corrected chi connectivity index (χ0v) is 10.7. The first-order valence-corrected chi connectivity index (χ1v) is 6.59. The predicted molar refractivity (Wildman–Crippen MR) is 69.2 cm³/mol. The van der Waals surface area contributed by atoms with Crippen molar-refractivity contribution in [2.45, 2.75) is 38.7 Å². The Kier molecular flexibility index (Phi) is 4.87. The Morgan fingerprint density at radius 2 is 1.76 bits per heavy atom. The molecule has 2 rings (SSSR count). The fourth-order valence-corrected chi connectivity index (χ4v) is 2.42. The summed E-state index contributed by atoms with van der Waals surface area (Å²) < 4.78 is 10.9. The van der Waals surface area contributed by atoms with E-state index in [0.29, 0.717) is 0 Å². The number of rotatable bonds is 5. The minimum atomic E-state index is 0.723. The molecular weight excluding hydrogens is 212 g/mol. The first kappa shape index (κ1) is 12.4. The van der Waals surface area contributed by atoms with Crippen LogP contribution in [0.15, 0.2) is 24.3 Å². The van der Waals surface area contributed by atoms with Crippen LogP contribution in [-0.4, -0.2) is 13.7 Å². The average Bonchev–Trinajstić information content (AvgIpc) is 2.41. The van der Waals surface area contributed by atoms with Gasteiger partial charge in [0.25, 0.3) is 0 Å². The van der Waals surface area contributed by atoms with Crippen molar-refractivity contribution in [3.63, 3.8) is 0 Å². The van der Waals surface area contributed by atoms with Crippen molar-refractivity contribution in [2.24, 2.45) is 5.92 Å². The molecule has 0 saturated heterocycles. The maximum absolute atomic E-state index is 5.79. The molecule has 0 N–H and O–H groups in total. The molecule has 1 aromatic rings. The molecule has 0 aliphatic heterocycles. The van der Waals surface area contributed by atoms with Crippen LogP contribution in [0.25, 0.3) is 0 Å². The van der Waals surface area contributed by atoms with E-state index < -0.39 is 0 Å². The van der Waals surface area contributed by atoms with E-state index in [-0.39, 0.29) is 0 Å². The molecule has 1 aliphatic rings. The monoisotopic (exact) mass is 234 g/mol. The maximum atomic E-state index is 5.79. The van der Waals surface area contributed by atoms with Crippen molar-refractivity contribution < 1.29 is 9.47 Å². The molecule has 94 valence electrons. The van der Waals surface area contributed by atoms with E-state index >= 15 is 0 Å². The fraction of sp³-hybridized carbons (Fsp3) is 0.600. The molecule has 0 amide bonds. The van der Waals surface area contributed by atoms with Gasteiger partial charge in [0.15, 0.2) is 0 Å². The molecule has 1 saturated carbocycles. The normalized spacial score (nSPS) is 17.0. The molecule has 1 aromatic carbocycles. The van der Waals surface area contributed by atoms with Crippen LogP contribution in [0.4, 0.5) is 0 Å². The van der Waals surface area contributed by atoms with Crippen LogP contribution < -0.4 is 4.74 Å². The first-order valence-electron chi connectivity index (χ1n) is 6.59. The smallest absolute Gasteiger partial charge is 0.118 e. The lowest BCUT2D eigenvalue weighted by Gasteiger charge is -2.21. The van der Waals surface area contributed by atoms with Crippen molar-refractivity contribution in [3.8, 4) is 5.75 Å². The third-order valence-electron chi connectivity index (χ3n) is 3.51. The predicted octanol–water partition coefficient (Wildman–Crippen LogP) is 3.79. The lowest BCUT2D eigenvalue weighted by molar-refractivity contribution is 0.0739. The van der Waals surface area contributed by atoms with Gasteiger partial charge in [-0.15, -0.1) is 0 Å². The molecule has 0 atom stereocenters. The second kappa shape index (κ2) is 6.65. The van der Waals surface area contributed by atoms with E-state index in [1.54, 1.807) is 7.11 Å². The molecule has 0 radical (unpaired) electrons. The number of methoxy groups -OCH3 is 1. The fourth-order valence-electron chi connectivity index (χ4n) is 2.42. The minimum absolute atomic E-state index is 0.723. The number of ether oxygens (including phenoxy) is 2. The van der Waals surface area contributed by atoms with E-state index in [4.69, 9.17) is 9.47 Å². The van der Waals surface area contributed by atoms with Crippen LogP contribution in [0, 0.1) is 5.92 Å². The molecule has 0 heterocycles. The number of hydrogen-bond acceptors (Lipinski definition) is 2. The summed E-state index contributed by atoms with van der Waals surface area (Å²) in [5, 5.41) is 0. The summed E-state index contributed by atoms with van der Waals surface area (Å²) >= 11 is 0. The van der Waals surface area contributed by atoms with E-state index in [1.807, 2.05) is 12.1 Å². The van der Waals surface area contributed by atoms with E-state index in [0.717, 1.165) is 24.9 Å². The third-order valence-corrected chi connectivity index (χ3v) is 3.51. The van der Waals surface area contributed by atoms with Gasteiger partial charge in [0.2, 0.25) is 0 Å². The average molecular weight is 234 g/mol. The molecule has 17 heavy (non-hydrogen) atoms. The van der Waals surface area contributed by atoms with Gasteiger partial charge in [-0.25, -0.2) is 0 Å². The van der Waals surface area contributed by atoms with Gasteiger partial charge in [-0.3, -0.25) is 0 Å². The van der Waals surface area contributed by atoms with Crippen molar-refractivity contribution in [1.29, 1.82) is 0 Å². The Morgan fingerprint density at radius 1 is 1.06 bits per heavy atom. The largest absolute Gasteiger partial charge is 0.497 e. The van der Waals surface area contributed by atoms with E-state index in [2.05, 4.69) is 12.1 Å². The molecule has 2 heteroatoms. The van der Waals surface area contributed by atoms with Crippen molar-refractivity contribution in [3.05, 3.63) is 29.8 Å². The molecular formula is C15H22O2. The summed E-state index contributed by atoms with van der Waals surface area (Å²) in [7, 11) is 1.69. The second-order valence-electron chi connectivity index (χ2n) is 4.87. The highest BCUT2D eigenvalue weighted by molar-refractivity contribution is 5.26. The van der Waals surface area contributed by atoms with Gasteiger partial charge in [0.05, 0.1) is 13.7 Å². The van der Waals surface area contributed by atoms with E-state index in [1.165, 1.54) is 37.7 Å². The van der Waals surface area contributed by atoms with Gasteiger partial charge < -0.3 is 9.47 Å². The highest BCUT2D eigenvalue weighted by Crippen LogP contribution is 2.24. The lowest BCUT2D eigenvalue weighted by atomic mass is 9.90. The summed E-state index contributed by atoms with van der Waals surface area (Å²) in [5.74, 6) is 1.70. The minimum Gasteiger partial charge on any atom is -0.497 e. The van der Waals surface area contributed by atoms with Crippen LogP contribution in [-0.2, 0) is 11.3 Å². The molecule has 0 bridgehead atoms. The molecule has 1 aliphatic carbocycles. The molecule has 2 nitrogen and oxygen atoms in total. The summed E-state index contributed by atoms with van der Waals surface area (Å²) in [6, 6.07) is 8.11. The van der Waals surface area contributed by atoms with Crippen LogP contribution in [0.1, 0.15) is 37.7 Å². The second-order valence-corrected chi connectivity index (χ2v) is 4.87. The summed E-state index contributed by atoms with van der Waals surface area (Å²) in [6.07, 6.45) is 6.88. The van der Waals surface area contributed by atoms with Crippen LogP contribution in [0.2, 0.25) is 0 Å². The Hall–Kier alpha value is -1.02. The van der Waals surface area contributed by atoms with Gasteiger partial charge in [-0.05, 0) is 36.5 Å². The molecule has 0 unspecified atom stereocenters. The van der Waals surface area contributed by atoms with E-state index in [9.17, 15) is 0 Å². The summed E-state index contributed by atoms with van der Waals surface area (Å²) in [4.78, 5) is 0. The van der Waals surface area contributed by atoms with Crippen LogP contribution in [0.5, 0.6) is 5.75 Å². The van der Waals surface area contributed by atoms with Crippen molar-refractivity contribution >= 4 is 0 Å². The molecule has 0 spiro atoms. The summed E-state index contributed by atoms with van der Waals surface area (Å²) in [6.45, 7) is 1.65. The van der Waals surface area contributed by atoms with Gasteiger partial charge in [-0.1, -0.05) is 31.4 Å². The maximum Gasteiger partial charge on any atom is 0.118 e. The summed E-state index contributed by atoms with van der Waals surface area (Å²) in [5.41, 5.74) is 1.22. The molecule has 0 aromatic heterocycles. The first-order chi connectivity index (χ1) is 8.38. The number of hydrogen-bond donors (Lipinski definition) is 0. The SMILES string of the molecule is COc1ccc(COCC2CCCCC2)cc1. The Morgan fingerprint density at radius 3 is 2.41 bits per heavy atom. The third kappa shape index (κ3) is 4.04. The zero-order valence-electron chi connectivity index (χ0n) is 10.7. The Bertz CT molecular complexity index is 312. The van der Waals surface area contributed by atoms with Crippen LogP contribution >= 0.6 is 0 Å². The number of benzene rings is 1.